The predicted molar refractivity (Wildman–Crippen MR) is 133 cm³/mol. The quantitative estimate of drug-likeness (QED) is 0.208. The van der Waals surface area contributed by atoms with Crippen molar-refractivity contribution in [3.8, 4) is 0 Å². The Hall–Kier alpha value is -2.80. The standard InChI is InChI=1S/C28H36O12/c1-11(25(3,4)36)7-16(30)40-19-21-27-10-38-28(21,24(35)37-6)22(33)18(32)20(27)26(5)9-14(29)17(31)12(2)13(26)8-15(27)39-23(19)34/h7,13,15,18-22,31-33,36H,8-10H2,1-6H3/b11-7-/t13-,15+,18+,19+,20?,21+,22-,26-,27+,28?/m0/s1. The third-order valence-corrected chi connectivity index (χ3v) is 10.4. The second-order valence-corrected chi connectivity index (χ2v) is 12.7. The maximum atomic E-state index is 13.5. The fourth-order valence-corrected chi connectivity index (χ4v) is 8.37. The van der Waals surface area contributed by atoms with Crippen LogP contribution in [0.25, 0.3) is 0 Å². The van der Waals surface area contributed by atoms with E-state index in [1.54, 1.807) is 13.8 Å². The molecular weight excluding hydrogens is 528 g/mol. The molecule has 12 nitrogen and oxygen atoms in total. The highest BCUT2D eigenvalue weighted by atomic mass is 16.6. The van der Waals surface area contributed by atoms with Crippen molar-refractivity contribution < 1.29 is 58.6 Å². The first kappa shape index (κ1) is 28.7. The summed E-state index contributed by atoms with van der Waals surface area (Å²) in [6.45, 7) is 7.54. The maximum Gasteiger partial charge on any atom is 0.348 e. The Balaban J connectivity index is 1.70. The summed E-state index contributed by atoms with van der Waals surface area (Å²) in [6.07, 6.45) is -5.28. The second-order valence-electron chi connectivity index (χ2n) is 12.7. The van der Waals surface area contributed by atoms with Gasteiger partial charge in [-0.3, -0.25) is 4.79 Å². The normalized spacial score (nSPS) is 44.4. The first-order chi connectivity index (χ1) is 18.5. The van der Waals surface area contributed by atoms with E-state index < -0.39 is 87.9 Å². The van der Waals surface area contributed by atoms with Crippen molar-refractivity contribution in [2.45, 2.75) is 83.1 Å². The summed E-state index contributed by atoms with van der Waals surface area (Å²) in [4.78, 5) is 52.8. The number of carbonyl (C=O) groups excluding carboxylic acids is 4. The number of Topliss-reactive ketones (excluding diaryl/α,β-unsaturated/α-hetero) is 1. The highest BCUT2D eigenvalue weighted by molar-refractivity contribution is 5.95. The van der Waals surface area contributed by atoms with Crippen LogP contribution in [0.5, 0.6) is 0 Å². The summed E-state index contributed by atoms with van der Waals surface area (Å²) < 4.78 is 22.6. The van der Waals surface area contributed by atoms with Gasteiger partial charge < -0.3 is 39.4 Å². The SMILES string of the molecule is COC(=O)C12OC[C@]34C([C@@H](O)[C@@H]1O)[C@@]1(C)CC(=O)C(O)=C(C)[C@@H]1C[C@H]3OC(=O)[C@H](OC(=O)/C=C(/C)C(C)(C)O)[C@@H]24. The van der Waals surface area contributed by atoms with E-state index in [2.05, 4.69) is 0 Å². The molecule has 12 heteroatoms. The molecule has 1 spiro atoms. The van der Waals surface area contributed by atoms with Crippen molar-refractivity contribution in [1.82, 2.24) is 0 Å². The van der Waals surface area contributed by atoms with E-state index in [1.165, 1.54) is 20.8 Å². The van der Waals surface area contributed by atoms with Crippen molar-refractivity contribution in [3.05, 3.63) is 23.0 Å². The van der Waals surface area contributed by atoms with Crippen molar-refractivity contribution >= 4 is 23.7 Å². The van der Waals surface area contributed by atoms with Crippen LogP contribution in [0.4, 0.5) is 0 Å². The number of hydrogen-bond acceptors (Lipinski definition) is 12. The molecule has 0 radical (unpaired) electrons. The zero-order valence-corrected chi connectivity index (χ0v) is 23.3. The van der Waals surface area contributed by atoms with Gasteiger partial charge in [0.1, 0.15) is 12.2 Å². The number of fused-ring (bicyclic) bond motifs is 2. The average Bonchev–Trinajstić information content (AvgIpc) is 3.17. The van der Waals surface area contributed by atoms with Crippen LogP contribution in [-0.2, 0) is 38.1 Å². The lowest BCUT2D eigenvalue weighted by Gasteiger charge is -2.67. The van der Waals surface area contributed by atoms with Gasteiger partial charge in [-0.15, -0.1) is 0 Å². The molecule has 5 aliphatic rings. The molecule has 0 aromatic heterocycles. The van der Waals surface area contributed by atoms with Crippen LogP contribution >= 0.6 is 0 Å². The van der Waals surface area contributed by atoms with Crippen molar-refractivity contribution in [1.29, 1.82) is 0 Å². The molecule has 4 N–H and O–H groups in total. The Morgan fingerprint density at radius 1 is 1.18 bits per heavy atom. The van der Waals surface area contributed by atoms with E-state index >= 15 is 0 Å². The van der Waals surface area contributed by atoms with Crippen LogP contribution < -0.4 is 0 Å². The predicted octanol–water partition coefficient (Wildman–Crippen LogP) is 0.268. The number of allylic oxidation sites excluding steroid dienone is 2. The van der Waals surface area contributed by atoms with Crippen LogP contribution in [0.1, 0.15) is 47.5 Å². The number of rotatable bonds is 4. The molecule has 2 heterocycles. The second kappa shape index (κ2) is 8.85. The molecule has 2 unspecified atom stereocenters. The van der Waals surface area contributed by atoms with Gasteiger partial charge in [-0.25, -0.2) is 14.4 Å². The van der Waals surface area contributed by atoms with E-state index in [4.69, 9.17) is 18.9 Å². The summed E-state index contributed by atoms with van der Waals surface area (Å²) in [5, 5.41) is 44.0. The van der Waals surface area contributed by atoms with Crippen molar-refractivity contribution in [3.63, 3.8) is 0 Å². The molecule has 2 saturated heterocycles. The minimum Gasteiger partial charge on any atom is -0.504 e. The number of ketones is 1. The highest BCUT2D eigenvalue weighted by Gasteiger charge is 2.85. The number of aliphatic hydroxyl groups is 4. The molecule has 5 rings (SSSR count). The van der Waals surface area contributed by atoms with Crippen LogP contribution in [0.3, 0.4) is 0 Å². The third kappa shape index (κ3) is 3.45. The fraction of sp³-hybridized carbons (Fsp3) is 0.714. The van der Waals surface area contributed by atoms with Crippen LogP contribution in [-0.4, -0.2) is 93.5 Å². The molecule has 3 aliphatic carbocycles. The number of methoxy groups -OCH3 is 1. The zero-order valence-electron chi connectivity index (χ0n) is 23.3. The van der Waals surface area contributed by atoms with Gasteiger partial charge in [0.05, 0.1) is 31.3 Å². The van der Waals surface area contributed by atoms with Gasteiger partial charge in [0.15, 0.2) is 11.5 Å². The number of carbonyl (C=O) groups is 4. The van der Waals surface area contributed by atoms with Gasteiger partial charge in [-0.2, -0.15) is 0 Å². The lowest BCUT2D eigenvalue weighted by molar-refractivity contribution is -0.290. The third-order valence-electron chi connectivity index (χ3n) is 10.4. The number of esters is 3. The molecule has 0 amide bonds. The molecule has 2 aliphatic heterocycles. The Kier molecular flexibility index (Phi) is 6.35. The molecule has 40 heavy (non-hydrogen) atoms. The summed E-state index contributed by atoms with van der Waals surface area (Å²) in [6, 6.07) is 0. The van der Waals surface area contributed by atoms with Crippen LogP contribution in [0.15, 0.2) is 23.0 Å². The minimum absolute atomic E-state index is 0.139. The summed E-state index contributed by atoms with van der Waals surface area (Å²) in [5.41, 5.74) is -5.43. The summed E-state index contributed by atoms with van der Waals surface area (Å²) in [5.74, 6) is -6.76. The number of hydrogen-bond donors (Lipinski definition) is 4. The summed E-state index contributed by atoms with van der Waals surface area (Å²) in [7, 11) is 1.07. The number of ether oxygens (including phenoxy) is 4. The van der Waals surface area contributed by atoms with Gasteiger partial charge in [0, 0.05) is 23.8 Å². The van der Waals surface area contributed by atoms with E-state index in [0.717, 1.165) is 13.2 Å². The molecule has 2 bridgehead atoms. The topological polar surface area (TPSA) is 186 Å². The fourth-order valence-electron chi connectivity index (χ4n) is 8.37. The smallest absolute Gasteiger partial charge is 0.348 e. The Morgan fingerprint density at radius 3 is 2.42 bits per heavy atom. The first-order valence-corrected chi connectivity index (χ1v) is 13.3. The average molecular weight is 565 g/mol. The van der Waals surface area contributed by atoms with Crippen LogP contribution in [0, 0.1) is 28.6 Å². The molecule has 10 atom stereocenters. The van der Waals surface area contributed by atoms with Gasteiger partial charge in [0.25, 0.3) is 0 Å². The highest BCUT2D eigenvalue weighted by Crippen LogP contribution is 2.72. The van der Waals surface area contributed by atoms with Gasteiger partial charge in [-0.1, -0.05) is 6.92 Å². The van der Waals surface area contributed by atoms with E-state index in [1.807, 2.05) is 0 Å². The monoisotopic (exact) mass is 564 g/mol. The molecule has 0 aromatic carbocycles. The minimum atomic E-state index is -2.28. The van der Waals surface area contributed by atoms with E-state index in [0.29, 0.717) is 5.57 Å². The van der Waals surface area contributed by atoms with Crippen LogP contribution in [0.2, 0.25) is 0 Å². The Bertz CT molecular complexity index is 1240. The summed E-state index contributed by atoms with van der Waals surface area (Å²) >= 11 is 0. The van der Waals surface area contributed by atoms with E-state index in [9.17, 15) is 39.6 Å². The van der Waals surface area contributed by atoms with E-state index in [-0.39, 0.29) is 30.8 Å². The largest absolute Gasteiger partial charge is 0.504 e. The first-order valence-electron chi connectivity index (χ1n) is 13.3. The lowest BCUT2D eigenvalue weighted by Crippen LogP contribution is -2.79. The Morgan fingerprint density at radius 2 is 1.82 bits per heavy atom. The van der Waals surface area contributed by atoms with Crippen molar-refractivity contribution in [2.75, 3.05) is 13.7 Å². The van der Waals surface area contributed by atoms with Gasteiger partial charge in [-0.05, 0) is 56.6 Å². The Labute approximate surface area is 230 Å². The molecule has 2 saturated carbocycles. The van der Waals surface area contributed by atoms with Gasteiger partial charge >= 0.3 is 17.9 Å². The zero-order chi connectivity index (χ0) is 29.7. The van der Waals surface area contributed by atoms with Gasteiger partial charge in [0.2, 0.25) is 11.7 Å². The molecule has 4 fully saturated rings. The number of aliphatic hydroxyl groups excluding tert-OH is 3. The maximum absolute atomic E-state index is 13.5. The lowest BCUT2D eigenvalue weighted by atomic mass is 9.38. The van der Waals surface area contributed by atoms with Crippen molar-refractivity contribution in [2.24, 2.45) is 28.6 Å². The molecular formula is C28H36O12. The molecule has 0 aromatic rings. The molecule has 220 valence electrons.